The Morgan fingerprint density at radius 2 is 2.00 bits per heavy atom. The average Bonchev–Trinajstić information content (AvgIpc) is 3.29. The maximum Gasteiger partial charge on any atom is 0.257 e. The molecular weight excluding hydrogens is 278 g/mol. The summed E-state index contributed by atoms with van der Waals surface area (Å²) in [6.07, 6.45) is 10.6. The molecule has 1 atom stereocenters. The van der Waals surface area contributed by atoms with E-state index in [0.29, 0.717) is 11.5 Å². The third-order valence-electron chi connectivity index (χ3n) is 4.51. The van der Waals surface area contributed by atoms with Crippen LogP contribution in [-0.4, -0.2) is 37.5 Å². The summed E-state index contributed by atoms with van der Waals surface area (Å²) < 4.78 is 0. The molecule has 2 fully saturated rings. The number of hydrogen-bond acceptors (Lipinski definition) is 4. The van der Waals surface area contributed by atoms with Gasteiger partial charge < -0.3 is 4.90 Å². The molecule has 0 radical (unpaired) electrons. The lowest BCUT2D eigenvalue weighted by atomic mass is 9.98. The number of likely N-dealkylation sites (tertiary alicyclic amines) is 1. The third kappa shape index (κ3) is 2.49. The Labute approximate surface area is 129 Å². The van der Waals surface area contributed by atoms with Crippen LogP contribution < -0.4 is 0 Å². The Morgan fingerprint density at radius 1 is 1.18 bits per heavy atom. The SMILES string of the molecule is O=C(c1cnc(C2CC2)nc1)N1CCCC[C@@H]1c1ccn[nH]1. The zero-order valence-electron chi connectivity index (χ0n) is 12.4. The first-order valence-corrected chi connectivity index (χ1v) is 7.95. The number of hydrogen-bond donors (Lipinski definition) is 1. The second-order valence-corrected chi connectivity index (χ2v) is 6.13. The maximum absolute atomic E-state index is 12.8. The van der Waals surface area contributed by atoms with Crippen LogP contribution in [0, 0.1) is 0 Å². The van der Waals surface area contributed by atoms with Crippen molar-refractivity contribution in [2.75, 3.05) is 6.54 Å². The van der Waals surface area contributed by atoms with Gasteiger partial charge in [0, 0.05) is 31.1 Å². The van der Waals surface area contributed by atoms with Gasteiger partial charge in [0.25, 0.3) is 5.91 Å². The third-order valence-corrected chi connectivity index (χ3v) is 4.51. The molecule has 0 unspecified atom stereocenters. The number of H-pyrrole nitrogens is 1. The van der Waals surface area contributed by atoms with E-state index in [2.05, 4.69) is 20.2 Å². The van der Waals surface area contributed by atoms with E-state index in [4.69, 9.17) is 0 Å². The molecule has 4 rings (SSSR count). The Balaban J connectivity index is 1.56. The fraction of sp³-hybridized carbons (Fsp3) is 0.500. The molecule has 22 heavy (non-hydrogen) atoms. The molecule has 1 saturated heterocycles. The predicted molar refractivity (Wildman–Crippen MR) is 80.2 cm³/mol. The number of aromatic nitrogens is 4. The minimum absolute atomic E-state index is 0.0154. The summed E-state index contributed by atoms with van der Waals surface area (Å²) in [7, 11) is 0. The zero-order valence-corrected chi connectivity index (χ0v) is 12.4. The van der Waals surface area contributed by atoms with Crippen LogP contribution in [0.25, 0.3) is 0 Å². The van der Waals surface area contributed by atoms with Gasteiger partial charge in [-0.05, 0) is 38.2 Å². The number of carbonyl (C=O) groups is 1. The molecule has 0 aromatic carbocycles. The fourth-order valence-corrected chi connectivity index (χ4v) is 3.12. The molecule has 2 aromatic heterocycles. The monoisotopic (exact) mass is 297 g/mol. The first kappa shape index (κ1) is 13.4. The molecule has 114 valence electrons. The first-order valence-electron chi connectivity index (χ1n) is 7.95. The minimum Gasteiger partial charge on any atom is -0.330 e. The van der Waals surface area contributed by atoms with Crippen LogP contribution in [0.3, 0.4) is 0 Å². The van der Waals surface area contributed by atoms with Crippen molar-refractivity contribution in [1.29, 1.82) is 0 Å². The van der Waals surface area contributed by atoms with Crippen molar-refractivity contribution in [2.45, 2.75) is 44.1 Å². The highest BCUT2D eigenvalue weighted by Crippen LogP contribution is 2.37. The number of carbonyl (C=O) groups excluding carboxylic acids is 1. The van der Waals surface area contributed by atoms with Crippen molar-refractivity contribution in [3.8, 4) is 0 Å². The average molecular weight is 297 g/mol. The zero-order chi connectivity index (χ0) is 14.9. The number of piperidine rings is 1. The maximum atomic E-state index is 12.8. The van der Waals surface area contributed by atoms with Crippen molar-refractivity contribution in [3.05, 3.63) is 41.7 Å². The number of nitrogens with zero attached hydrogens (tertiary/aromatic N) is 4. The molecular formula is C16H19N5O. The van der Waals surface area contributed by atoms with E-state index in [9.17, 15) is 4.79 Å². The summed E-state index contributed by atoms with van der Waals surface area (Å²) in [4.78, 5) is 23.5. The van der Waals surface area contributed by atoms with Crippen LogP contribution in [0.15, 0.2) is 24.7 Å². The Morgan fingerprint density at radius 3 is 2.68 bits per heavy atom. The highest BCUT2D eigenvalue weighted by molar-refractivity contribution is 5.94. The molecule has 3 heterocycles. The van der Waals surface area contributed by atoms with E-state index >= 15 is 0 Å². The molecule has 1 saturated carbocycles. The lowest BCUT2D eigenvalue weighted by molar-refractivity contribution is 0.0605. The van der Waals surface area contributed by atoms with Gasteiger partial charge in [0.05, 0.1) is 17.3 Å². The summed E-state index contributed by atoms with van der Waals surface area (Å²) >= 11 is 0. The molecule has 1 aliphatic carbocycles. The van der Waals surface area contributed by atoms with Gasteiger partial charge in [-0.2, -0.15) is 5.10 Å². The molecule has 6 nitrogen and oxygen atoms in total. The van der Waals surface area contributed by atoms with Gasteiger partial charge in [0.1, 0.15) is 5.82 Å². The highest BCUT2D eigenvalue weighted by Gasteiger charge is 2.31. The molecule has 0 spiro atoms. The second-order valence-electron chi connectivity index (χ2n) is 6.13. The molecule has 0 bridgehead atoms. The fourth-order valence-electron chi connectivity index (χ4n) is 3.12. The van der Waals surface area contributed by atoms with Gasteiger partial charge in [-0.25, -0.2) is 9.97 Å². The summed E-state index contributed by atoms with van der Waals surface area (Å²) in [5.74, 6) is 1.40. The minimum atomic E-state index is 0.0154. The molecule has 1 aliphatic heterocycles. The summed E-state index contributed by atoms with van der Waals surface area (Å²) in [5, 5.41) is 7.01. The smallest absolute Gasteiger partial charge is 0.257 e. The number of aromatic amines is 1. The van der Waals surface area contributed by atoms with Gasteiger partial charge in [0.15, 0.2) is 0 Å². The van der Waals surface area contributed by atoms with E-state index in [1.165, 1.54) is 12.8 Å². The summed E-state index contributed by atoms with van der Waals surface area (Å²) in [6, 6.07) is 2.02. The van der Waals surface area contributed by atoms with Gasteiger partial charge in [0.2, 0.25) is 0 Å². The molecule has 1 N–H and O–H groups in total. The highest BCUT2D eigenvalue weighted by atomic mass is 16.2. The van der Waals surface area contributed by atoms with E-state index in [-0.39, 0.29) is 11.9 Å². The number of rotatable bonds is 3. The topological polar surface area (TPSA) is 74.8 Å². The number of amides is 1. The molecule has 6 heteroatoms. The quantitative estimate of drug-likeness (QED) is 0.944. The van der Waals surface area contributed by atoms with Crippen LogP contribution in [0.4, 0.5) is 0 Å². The Kier molecular flexibility index (Phi) is 3.36. The van der Waals surface area contributed by atoms with E-state index in [0.717, 1.165) is 37.3 Å². The summed E-state index contributed by atoms with van der Waals surface area (Å²) in [6.45, 7) is 0.771. The van der Waals surface area contributed by atoms with Crippen molar-refractivity contribution in [1.82, 2.24) is 25.1 Å². The standard InChI is InChI=1S/C16H19N5O/c22-16(12-9-17-15(18-10-12)11-4-5-11)21-8-2-1-3-14(21)13-6-7-19-20-13/h6-7,9-11,14H,1-5,8H2,(H,19,20)/t14-/m1/s1. The van der Waals surface area contributed by atoms with E-state index in [1.807, 2.05) is 11.0 Å². The van der Waals surface area contributed by atoms with Crippen LogP contribution in [0.5, 0.6) is 0 Å². The normalized spacial score (nSPS) is 21.8. The van der Waals surface area contributed by atoms with Gasteiger partial charge in [-0.15, -0.1) is 0 Å². The van der Waals surface area contributed by atoms with Crippen LogP contribution in [-0.2, 0) is 0 Å². The van der Waals surface area contributed by atoms with Crippen LogP contribution in [0.1, 0.15) is 65.9 Å². The summed E-state index contributed by atoms with van der Waals surface area (Å²) in [5.41, 5.74) is 1.58. The second kappa shape index (κ2) is 5.51. The molecule has 1 amide bonds. The number of nitrogens with one attached hydrogen (secondary N) is 1. The predicted octanol–water partition coefficient (Wildman–Crippen LogP) is 2.44. The van der Waals surface area contributed by atoms with Crippen molar-refractivity contribution in [3.63, 3.8) is 0 Å². The van der Waals surface area contributed by atoms with Crippen molar-refractivity contribution < 1.29 is 4.79 Å². The lowest BCUT2D eigenvalue weighted by Gasteiger charge is -2.35. The Hall–Kier alpha value is -2.24. The van der Waals surface area contributed by atoms with Crippen LogP contribution in [0.2, 0.25) is 0 Å². The first-order chi connectivity index (χ1) is 10.8. The molecule has 2 aromatic rings. The molecule has 2 aliphatic rings. The van der Waals surface area contributed by atoms with Crippen LogP contribution >= 0.6 is 0 Å². The van der Waals surface area contributed by atoms with E-state index in [1.54, 1.807) is 18.6 Å². The largest absolute Gasteiger partial charge is 0.330 e. The van der Waals surface area contributed by atoms with Crippen molar-refractivity contribution in [2.24, 2.45) is 0 Å². The van der Waals surface area contributed by atoms with Gasteiger partial charge in [-0.1, -0.05) is 0 Å². The van der Waals surface area contributed by atoms with Gasteiger partial charge in [-0.3, -0.25) is 9.89 Å². The van der Waals surface area contributed by atoms with E-state index < -0.39 is 0 Å². The van der Waals surface area contributed by atoms with Gasteiger partial charge >= 0.3 is 0 Å². The Bertz CT molecular complexity index is 648. The lowest BCUT2D eigenvalue weighted by Crippen LogP contribution is -2.38. The van der Waals surface area contributed by atoms with Crippen molar-refractivity contribution >= 4 is 5.91 Å².